The first-order valence-corrected chi connectivity index (χ1v) is 7.13. The zero-order valence-electron chi connectivity index (χ0n) is 12.8. The molecule has 24 heavy (non-hydrogen) atoms. The molecule has 0 radical (unpaired) electrons. The number of nitrogens with one attached hydrogen (secondary N) is 1. The first kappa shape index (κ1) is 15.8. The summed E-state index contributed by atoms with van der Waals surface area (Å²) in [4.78, 5) is 23.7. The number of aromatic hydroxyl groups is 1. The Balaban J connectivity index is 2.00. The maximum Gasteiger partial charge on any atom is 0.341 e. The number of phenolic OH excluding ortho intramolecular Hbond substituents is 1. The van der Waals surface area contributed by atoms with Gasteiger partial charge in [-0.15, -0.1) is 0 Å². The lowest BCUT2D eigenvalue weighted by Gasteiger charge is -2.16. The van der Waals surface area contributed by atoms with Crippen LogP contribution in [0.1, 0.15) is 22.0 Å². The van der Waals surface area contributed by atoms with Gasteiger partial charge in [-0.25, -0.2) is 9.89 Å². The Morgan fingerprint density at radius 2 is 2.21 bits per heavy atom. The highest BCUT2D eigenvalue weighted by Gasteiger charge is 2.22. The zero-order chi connectivity index (χ0) is 17.3. The molecule has 0 fully saturated rings. The molecule has 3 N–H and O–H groups in total. The number of methoxy groups -OCH3 is 1. The quantitative estimate of drug-likeness (QED) is 0.612. The second-order valence-corrected chi connectivity index (χ2v) is 5.29. The SMILES string of the molecule is COC(=O)c1cn(C[C@H](O)c2cccc(O)c2)cc2c(=O)[nH]nc1-2. The number of phenols is 1. The van der Waals surface area contributed by atoms with E-state index in [2.05, 4.69) is 10.2 Å². The van der Waals surface area contributed by atoms with Gasteiger partial charge in [0, 0.05) is 12.4 Å². The molecule has 0 saturated heterocycles. The van der Waals surface area contributed by atoms with E-state index in [0.717, 1.165) is 0 Å². The van der Waals surface area contributed by atoms with Crippen molar-refractivity contribution in [2.24, 2.45) is 0 Å². The Labute approximate surface area is 136 Å². The van der Waals surface area contributed by atoms with E-state index >= 15 is 0 Å². The van der Waals surface area contributed by atoms with Crippen LogP contribution in [0.25, 0.3) is 11.3 Å². The van der Waals surface area contributed by atoms with Crippen molar-refractivity contribution in [3.63, 3.8) is 0 Å². The number of pyridine rings is 1. The van der Waals surface area contributed by atoms with Gasteiger partial charge in [0.1, 0.15) is 17.0 Å². The molecule has 0 spiro atoms. The van der Waals surface area contributed by atoms with E-state index in [1.807, 2.05) is 0 Å². The topological polar surface area (TPSA) is 117 Å². The number of benzene rings is 1. The third-order valence-corrected chi connectivity index (χ3v) is 3.66. The number of nitrogens with zero attached hydrogens (tertiary/aromatic N) is 2. The molecule has 2 heterocycles. The van der Waals surface area contributed by atoms with Crippen LogP contribution < -0.4 is 5.56 Å². The molecular weight excluding hydrogens is 314 g/mol. The lowest BCUT2D eigenvalue weighted by molar-refractivity contribution is 0.0599. The van der Waals surface area contributed by atoms with Gasteiger partial charge in [-0.3, -0.25) is 4.79 Å². The fraction of sp³-hybridized carbons (Fsp3) is 0.188. The van der Waals surface area contributed by atoms with Crippen LogP contribution in [0.2, 0.25) is 0 Å². The number of aliphatic hydroxyl groups excluding tert-OH is 1. The van der Waals surface area contributed by atoms with Gasteiger partial charge in [-0.2, -0.15) is 5.10 Å². The third-order valence-electron chi connectivity index (χ3n) is 3.66. The molecule has 0 saturated carbocycles. The molecule has 3 rings (SSSR count). The van der Waals surface area contributed by atoms with Crippen molar-refractivity contribution in [1.82, 2.24) is 14.8 Å². The molecule has 1 atom stereocenters. The monoisotopic (exact) mass is 329 g/mol. The minimum atomic E-state index is -0.938. The van der Waals surface area contributed by atoms with Crippen molar-refractivity contribution in [2.75, 3.05) is 7.11 Å². The zero-order valence-corrected chi connectivity index (χ0v) is 12.8. The number of carbonyl (C=O) groups is 1. The van der Waals surface area contributed by atoms with E-state index in [1.165, 1.54) is 36.2 Å². The van der Waals surface area contributed by atoms with Gasteiger partial charge in [0.25, 0.3) is 5.56 Å². The summed E-state index contributed by atoms with van der Waals surface area (Å²) in [5.74, 6) is -0.591. The van der Waals surface area contributed by atoms with Crippen LogP contribution in [0, 0.1) is 0 Å². The number of hydrogen-bond acceptors (Lipinski definition) is 6. The van der Waals surface area contributed by atoms with Crippen LogP contribution in [0.15, 0.2) is 41.5 Å². The molecule has 124 valence electrons. The fourth-order valence-electron chi connectivity index (χ4n) is 2.49. The van der Waals surface area contributed by atoms with E-state index in [4.69, 9.17) is 4.74 Å². The molecular formula is C16H15N3O5. The molecule has 0 aromatic heterocycles. The maximum atomic E-state index is 11.9. The first-order valence-electron chi connectivity index (χ1n) is 7.13. The lowest BCUT2D eigenvalue weighted by atomic mass is 10.1. The molecule has 1 aromatic rings. The smallest absolute Gasteiger partial charge is 0.341 e. The molecule has 0 unspecified atom stereocenters. The highest BCUT2D eigenvalue weighted by molar-refractivity contribution is 5.95. The Morgan fingerprint density at radius 3 is 2.92 bits per heavy atom. The number of fused-ring (bicyclic) bond motifs is 1. The average molecular weight is 329 g/mol. The molecule has 0 amide bonds. The predicted octanol–water partition coefficient (Wildman–Crippen LogP) is 0.902. The molecule has 8 heteroatoms. The average Bonchev–Trinajstić information content (AvgIpc) is 2.94. The summed E-state index contributed by atoms with van der Waals surface area (Å²) in [6, 6.07) is 6.23. The van der Waals surface area contributed by atoms with E-state index in [0.29, 0.717) is 5.56 Å². The summed E-state index contributed by atoms with van der Waals surface area (Å²) in [5, 5.41) is 25.9. The Hall–Kier alpha value is -3.13. The molecule has 1 aromatic carbocycles. The highest BCUT2D eigenvalue weighted by atomic mass is 16.5. The number of ether oxygens (including phenoxy) is 1. The van der Waals surface area contributed by atoms with Crippen LogP contribution in [0.4, 0.5) is 0 Å². The second-order valence-electron chi connectivity index (χ2n) is 5.29. The summed E-state index contributed by atoms with van der Waals surface area (Å²) >= 11 is 0. The summed E-state index contributed by atoms with van der Waals surface area (Å²) in [6.45, 7) is 0.0774. The van der Waals surface area contributed by atoms with Gasteiger partial charge in [0.05, 0.1) is 25.3 Å². The van der Waals surface area contributed by atoms with Crippen molar-refractivity contribution in [2.45, 2.75) is 12.6 Å². The molecule has 8 nitrogen and oxygen atoms in total. The highest BCUT2D eigenvalue weighted by Crippen LogP contribution is 2.24. The van der Waals surface area contributed by atoms with Crippen molar-refractivity contribution in [3.05, 3.63) is 58.1 Å². The van der Waals surface area contributed by atoms with Crippen LogP contribution in [0.5, 0.6) is 5.75 Å². The standard InChI is InChI=1S/C16H15N3O5/c1-24-16(23)12-7-19(6-11-14(12)17-18-15(11)22)8-13(21)9-3-2-4-10(20)5-9/h2-7,13,20-21H,8H2,1H3,(H,18,22)/t13-/m0/s1. The van der Waals surface area contributed by atoms with Crippen molar-refractivity contribution in [3.8, 4) is 17.0 Å². The van der Waals surface area contributed by atoms with E-state index in [9.17, 15) is 19.8 Å². The lowest BCUT2D eigenvalue weighted by Crippen LogP contribution is -2.15. The number of rotatable bonds is 4. The van der Waals surface area contributed by atoms with Crippen LogP contribution in [0.3, 0.4) is 0 Å². The van der Waals surface area contributed by atoms with Crippen LogP contribution in [-0.4, -0.2) is 38.1 Å². The number of aliphatic hydroxyl groups is 1. The summed E-state index contributed by atoms with van der Waals surface area (Å²) in [5.41, 5.74) is 0.639. The largest absolute Gasteiger partial charge is 0.508 e. The normalized spacial score (nSPS) is 12.2. The predicted molar refractivity (Wildman–Crippen MR) is 83.9 cm³/mol. The van der Waals surface area contributed by atoms with Gasteiger partial charge in [-0.05, 0) is 17.7 Å². The number of aromatic amines is 1. The number of aromatic nitrogens is 3. The Kier molecular flexibility index (Phi) is 4.05. The number of hydrogen-bond donors (Lipinski definition) is 3. The minimum Gasteiger partial charge on any atom is -0.508 e. The number of carbonyl (C=O) groups excluding carboxylic acids is 1. The molecule has 2 aliphatic rings. The molecule has 0 bridgehead atoms. The first-order chi connectivity index (χ1) is 11.5. The number of esters is 1. The fourth-order valence-corrected chi connectivity index (χ4v) is 2.49. The van der Waals surface area contributed by atoms with Gasteiger partial charge >= 0.3 is 5.97 Å². The summed E-state index contributed by atoms with van der Waals surface area (Å²) in [6.07, 6.45) is 2.02. The maximum absolute atomic E-state index is 11.9. The Bertz CT molecular complexity index is 914. The van der Waals surface area contributed by atoms with Crippen LogP contribution in [-0.2, 0) is 11.3 Å². The Morgan fingerprint density at radius 1 is 1.42 bits per heavy atom. The van der Waals surface area contributed by atoms with Gasteiger partial charge in [0.15, 0.2) is 0 Å². The molecule has 2 aliphatic heterocycles. The van der Waals surface area contributed by atoms with Gasteiger partial charge < -0.3 is 19.5 Å². The summed E-state index contributed by atoms with van der Waals surface area (Å²) in [7, 11) is 1.23. The van der Waals surface area contributed by atoms with E-state index in [1.54, 1.807) is 12.1 Å². The minimum absolute atomic E-state index is 0.0407. The van der Waals surface area contributed by atoms with E-state index < -0.39 is 17.6 Å². The summed E-state index contributed by atoms with van der Waals surface area (Å²) < 4.78 is 6.22. The van der Waals surface area contributed by atoms with Crippen molar-refractivity contribution >= 4 is 5.97 Å². The van der Waals surface area contributed by atoms with Crippen LogP contribution >= 0.6 is 0 Å². The molecule has 0 aliphatic carbocycles. The second kappa shape index (κ2) is 6.17. The van der Waals surface area contributed by atoms with Crippen molar-refractivity contribution in [1.29, 1.82) is 0 Å². The van der Waals surface area contributed by atoms with Crippen molar-refractivity contribution < 1.29 is 19.7 Å². The van der Waals surface area contributed by atoms with E-state index in [-0.39, 0.29) is 29.1 Å². The van der Waals surface area contributed by atoms with Gasteiger partial charge in [0.2, 0.25) is 0 Å². The third kappa shape index (κ3) is 2.86. The number of H-pyrrole nitrogens is 1. The van der Waals surface area contributed by atoms with Gasteiger partial charge in [-0.1, -0.05) is 12.1 Å².